The van der Waals surface area contributed by atoms with Crippen molar-refractivity contribution in [1.29, 1.82) is 0 Å². The molecule has 1 aromatic rings. The molecule has 0 fully saturated rings. The van der Waals surface area contributed by atoms with Crippen LogP contribution in [0.25, 0.3) is 0 Å². The molecule has 0 aliphatic rings. The molecule has 0 saturated carbocycles. The topological polar surface area (TPSA) is 41.5 Å². The van der Waals surface area contributed by atoms with Gasteiger partial charge in [0.1, 0.15) is 0 Å². The first kappa shape index (κ1) is 13.2. The molecule has 0 unspecified atom stereocenters. The number of aliphatic hydroxyl groups excluding tert-OH is 1. The van der Waals surface area contributed by atoms with E-state index in [1.165, 1.54) is 11.1 Å². The van der Waals surface area contributed by atoms with E-state index in [1.54, 1.807) is 7.11 Å². The molecular weight excluding hydrogens is 202 g/mol. The summed E-state index contributed by atoms with van der Waals surface area (Å²) < 4.78 is 5.05. The van der Waals surface area contributed by atoms with E-state index in [9.17, 15) is 0 Å². The molecule has 0 aromatic heterocycles. The highest BCUT2D eigenvalue weighted by Gasteiger charge is 2.00. The summed E-state index contributed by atoms with van der Waals surface area (Å²) in [6, 6.07) is 8.72. The van der Waals surface area contributed by atoms with E-state index in [4.69, 9.17) is 9.84 Å². The Kier molecular flexibility index (Phi) is 6.08. The maximum Gasteiger partial charge on any atom is 0.0713 e. The molecule has 1 atom stereocenters. The van der Waals surface area contributed by atoms with Gasteiger partial charge in [-0.05, 0) is 24.5 Å². The second-order valence-corrected chi connectivity index (χ2v) is 4.04. The molecule has 2 N–H and O–H groups in total. The SMILES string of the molecule is COCc1ccc(CN[C@H](C)CCO)cc1. The minimum absolute atomic E-state index is 0.237. The maximum atomic E-state index is 8.78. The zero-order chi connectivity index (χ0) is 11.8. The Balaban J connectivity index is 2.37. The highest BCUT2D eigenvalue weighted by Crippen LogP contribution is 2.05. The Morgan fingerprint density at radius 3 is 2.44 bits per heavy atom. The average Bonchev–Trinajstić information content (AvgIpc) is 2.29. The van der Waals surface area contributed by atoms with Crippen LogP contribution in [-0.2, 0) is 17.9 Å². The average molecular weight is 223 g/mol. The number of hydrogen-bond acceptors (Lipinski definition) is 3. The zero-order valence-corrected chi connectivity index (χ0v) is 10.1. The van der Waals surface area contributed by atoms with E-state index < -0.39 is 0 Å². The van der Waals surface area contributed by atoms with Crippen molar-refractivity contribution in [3.8, 4) is 0 Å². The number of rotatable bonds is 7. The largest absolute Gasteiger partial charge is 0.396 e. The maximum absolute atomic E-state index is 8.78. The zero-order valence-electron chi connectivity index (χ0n) is 10.1. The van der Waals surface area contributed by atoms with Crippen LogP contribution in [0.3, 0.4) is 0 Å². The minimum Gasteiger partial charge on any atom is -0.396 e. The molecule has 0 amide bonds. The van der Waals surface area contributed by atoms with Gasteiger partial charge in [0.15, 0.2) is 0 Å². The summed E-state index contributed by atoms with van der Waals surface area (Å²) in [5.41, 5.74) is 2.44. The quantitative estimate of drug-likeness (QED) is 0.739. The summed E-state index contributed by atoms with van der Waals surface area (Å²) in [4.78, 5) is 0. The summed E-state index contributed by atoms with van der Waals surface area (Å²) in [5, 5.41) is 12.1. The molecular formula is C13H21NO2. The fourth-order valence-corrected chi connectivity index (χ4v) is 1.51. The minimum atomic E-state index is 0.237. The van der Waals surface area contributed by atoms with Crippen molar-refractivity contribution in [2.24, 2.45) is 0 Å². The molecule has 0 radical (unpaired) electrons. The molecule has 1 rings (SSSR count). The standard InChI is InChI=1S/C13H21NO2/c1-11(7-8-15)14-9-12-3-5-13(6-4-12)10-16-2/h3-6,11,14-15H,7-10H2,1-2H3/t11-/m1/s1. The summed E-state index contributed by atoms with van der Waals surface area (Å²) in [6.07, 6.45) is 0.793. The fourth-order valence-electron chi connectivity index (χ4n) is 1.51. The third-order valence-electron chi connectivity index (χ3n) is 2.55. The Hall–Kier alpha value is -0.900. The Morgan fingerprint density at radius 2 is 1.88 bits per heavy atom. The molecule has 0 spiro atoms. The summed E-state index contributed by atoms with van der Waals surface area (Å²) >= 11 is 0. The number of hydrogen-bond donors (Lipinski definition) is 2. The molecule has 3 nitrogen and oxygen atoms in total. The van der Waals surface area contributed by atoms with Crippen LogP contribution in [0.15, 0.2) is 24.3 Å². The predicted octanol–water partition coefficient (Wildman–Crippen LogP) is 1.69. The Labute approximate surface area is 97.4 Å². The van der Waals surface area contributed by atoms with Crippen molar-refractivity contribution >= 4 is 0 Å². The Bertz CT molecular complexity index is 284. The molecule has 0 heterocycles. The molecule has 3 heteroatoms. The van der Waals surface area contributed by atoms with Crippen LogP contribution in [0.5, 0.6) is 0 Å². The van der Waals surface area contributed by atoms with Crippen molar-refractivity contribution < 1.29 is 9.84 Å². The lowest BCUT2D eigenvalue weighted by atomic mass is 10.1. The molecule has 90 valence electrons. The van der Waals surface area contributed by atoms with Crippen LogP contribution in [0.2, 0.25) is 0 Å². The van der Waals surface area contributed by atoms with Crippen LogP contribution in [-0.4, -0.2) is 24.9 Å². The van der Waals surface area contributed by atoms with Crippen molar-refractivity contribution in [3.05, 3.63) is 35.4 Å². The van der Waals surface area contributed by atoms with Gasteiger partial charge in [-0.25, -0.2) is 0 Å². The number of nitrogens with one attached hydrogen (secondary N) is 1. The van der Waals surface area contributed by atoms with Gasteiger partial charge in [-0.15, -0.1) is 0 Å². The number of ether oxygens (including phenoxy) is 1. The number of benzene rings is 1. The smallest absolute Gasteiger partial charge is 0.0713 e. The lowest BCUT2D eigenvalue weighted by Crippen LogP contribution is -2.26. The van der Waals surface area contributed by atoms with Gasteiger partial charge in [0.05, 0.1) is 6.61 Å². The Morgan fingerprint density at radius 1 is 1.25 bits per heavy atom. The van der Waals surface area contributed by atoms with Gasteiger partial charge in [0.25, 0.3) is 0 Å². The summed E-state index contributed by atoms with van der Waals surface area (Å²) in [7, 11) is 1.70. The van der Waals surface area contributed by atoms with Crippen LogP contribution in [0.4, 0.5) is 0 Å². The first-order chi connectivity index (χ1) is 7.76. The molecule has 16 heavy (non-hydrogen) atoms. The van der Waals surface area contributed by atoms with Crippen molar-refractivity contribution in [1.82, 2.24) is 5.32 Å². The monoisotopic (exact) mass is 223 g/mol. The van der Waals surface area contributed by atoms with Gasteiger partial charge in [-0.3, -0.25) is 0 Å². The van der Waals surface area contributed by atoms with E-state index >= 15 is 0 Å². The second-order valence-electron chi connectivity index (χ2n) is 4.04. The predicted molar refractivity (Wildman–Crippen MR) is 65.2 cm³/mol. The van der Waals surface area contributed by atoms with E-state index in [-0.39, 0.29) is 6.61 Å². The second kappa shape index (κ2) is 7.39. The van der Waals surface area contributed by atoms with Gasteiger partial charge in [-0.1, -0.05) is 24.3 Å². The van der Waals surface area contributed by atoms with Crippen LogP contribution >= 0.6 is 0 Å². The normalized spacial score (nSPS) is 12.7. The molecule has 1 aromatic carbocycles. The van der Waals surface area contributed by atoms with Crippen molar-refractivity contribution in [2.45, 2.75) is 32.5 Å². The highest BCUT2D eigenvalue weighted by atomic mass is 16.5. The highest BCUT2D eigenvalue weighted by molar-refractivity contribution is 5.21. The van der Waals surface area contributed by atoms with Crippen molar-refractivity contribution in [2.75, 3.05) is 13.7 Å². The molecule has 0 saturated heterocycles. The molecule has 0 aliphatic heterocycles. The van der Waals surface area contributed by atoms with Crippen LogP contribution < -0.4 is 5.32 Å². The third-order valence-corrected chi connectivity index (χ3v) is 2.55. The number of aliphatic hydroxyl groups is 1. The summed E-state index contributed by atoms with van der Waals surface area (Å²) in [6.45, 7) is 3.82. The van der Waals surface area contributed by atoms with Gasteiger partial charge >= 0.3 is 0 Å². The third kappa shape index (κ3) is 4.75. The van der Waals surface area contributed by atoms with Gasteiger partial charge in [0.2, 0.25) is 0 Å². The molecule has 0 aliphatic carbocycles. The lowest BCUT2D eigenvalue weighted by molar-refractivity contribution is 0.185. The van der Waals surface area contributed by atoms with Gasteiger partial charge in [-0.2, -0.15) is 0 Å². The first-order valence-electron chi connectivity index (χ1n) is 5.67. The van der Waals surface area contributed by atoms with E-state index in [1.807, 2.05) is 0 Å². The fraction of sp³-hybridized carbons (Fsp3) is 0.538. The van der Waals surface area contributed by atoms with Crippen molar-refractivity contribution in [3.63, 3.8) is 0 Å². The van der Waals surface area contributed by atoms with E-state index in [0.717, 1.165) is 13.0 Å². The van der Waals surface area contributed by atoms with Gasteiger partial charge < -0.3 is 15.2 Å². The van der Waals surface area contributed by atoms with Crippen LogP contribution in [0, 0.1) is 0 Å². The van der Waals surface area contributed by atoms with Crippen LogP contribution in [0.1, 0.15) is 24.5 Å². The van der Waals surface area contributed by atoms with E-state index in [0.29, 0.717) is 12.6 Å². The summed E-state index contributed by atoms with van der Waals surface area (Å²) in [5.74, 6) is 0. The first-order valence-corrected chi connectivity index (χ1v) is 5.67. The number of methoxy groups -OCH3 is 1. The van der Waals surface area contributed by atoms with E-state index in [2.05, 4.69) is 36.5 Å². The lowest BCUT2D eigenvalue weighted by Gasteiger charge is -2.12. The van der Waals surface area contributed by atoms with Gasteiger partial charge in [0, 0.05) is 26.3 Å². The molecule has 0 bridgehead atoms.